The molecule has 1 saturated carbocycles. The van der Waals surface area contributed by atoms with Crippen LogP contribution in [-0.4, -0.2) is 11.2 Å². The SMILES string of the molecule is CC(C)CC1CCCC(C(O)C(C)C)C1. The van der Waals surface area contributed by atoms with E-state index in [1.165, 1.54) is 32.1 Å². The Hall–Kier alpha value is -0.0400. The summed E-state index contributed by atoms with van der Waals surface area (Å²) in [5.41, 5.74) is 0. The van der Waals surface area contributed by atoms with E-state index < -0.39 is 0 Å². The molecule has 0 aliphatic heterocycles. The van der Waals surface area contributed by atoms with Crippen LogP contribution in [0.1, 0.15) is 59.8 Å². The standard InChI is InChI=1S/C14H28O/c1-10(2)8-12-6-5-7-13(9-12)14(15)11(3)4/h10-15H,5-9H2,1-4H3. The molecule has 90 valence electrons. The summed E-state index contributed by atoms with van der Waals surface area (Å²) in [5.74, 6) is 2.68. The smallest absolute Gasteiger partial charge is 0.0591 e. The normalized spacial score (nSPS) is 29.8. The fourth-order valence-corrected chi connectivity index (χ4v) is 3.07. The minimum absolute atomic E-state index is 0.0695. The van der Waals surface area contributed by atoms with Gasteiger partial charge in [-0.2, -0.15) is 0 Å². The third kappa shape index (κ3) is 4.14. The Balaban J connectivity index is 2.41. The molecule has 3 unspecified atom stereocenters. The summed E-state index contributed by atoms with van der Waals surface area (Å²) < 4.78 is 0. The van der Waals surface area contributed by atoms with Gasteiger partial charge in [-0.25, -0.2) is 0 Å². The molecular weight excluding hydrogens is 184 g/mol. The molecule has 0 radical (unpaired) electrons. The van der Waals surface area contributed by atoms with Crippen LogP contribution in [0.2, 0.25) is 0 Å². The first-order valence-electron chi connectivity index (χ1n) is 6.68. The average molecular weight is 212 g/mol. The van der Waals surface area contributed by atoms with Crippen LogP contribution in [0.15, 0.2) is 0 Å². The van der Waals surface area contributed by atoms with Crippen LogP contribution in [-0.2, 0) is 0 Å². The monoisotopic (exact) mass is 212 g/mol. The van der Waals surface area contributed by atoms with E-state index in [0.717, 1.165) is 11.8 Å². The Bertz CT molecular complexity index is 174. The van der Waals surface area contributed by atoms with E-state index >= 15 is 0 Å². The summed E-state index contributed by atoms with van der Waals surface area (Å²) >= 11 is 0. The quantitative estimate of drug-likeness (QED) is 0.750. The second-order valence-electron chi connectivity index (χ2n) is 6.16. The zero-order chi connectivity index (χ0) is 11.4. The molecule has 0 aromatic carbocycles. The maximum absolute atomic E-state index is 10.1. The molecule has 1 rings (SSSR count). The Morgan fingerprint density at radius 2 is 1.80 bits per heavy atom. The van der Waals surface area contributed by atoms with Gasteiger partial charge in [-0.3, -0.25) is 0 Å². The van der Waals surface area contributed by atoms with Gasteiger partial charge in [0.2, 0.25) is 0 Å². The van der Waals surface area contributed by atoms with Crippen molar-refractivity contribution in [1.82, 2.24) is 0 Å². The first-order chi connectivity index (χ1) is 7.00. The molecule has 1 heteroatoms. The Morgan fingerprint density at radius 1 is 1.13 bits per heavy atom. The molecule has 0 aromatic rings. The molecule has 0 heterocycles. The molecule has 15 heavy (non-hydrogen) atoms. The topological polar surface area (TPSA) is 20.2 Å². The van der Waals surface area contributed by atoms with Gasteiger partial charge in [0, 0.05) is 0 Å². The van der Waals surface area contributed by atoms with Gasteiger partial charge < -0.3 is 5.11 Å². The van der Waals surface area contributed by atoms with Crippen molar-refractivity contribution in [2.45, 2.75) is 65.9 Å². The zero-order valence-corrected chi connectivity index (χ0v) is 10.9. The van der Waals surface area contributed by atoms with Gasteiger partial charge in [0.05, 0.1) is 6.10 Å². The molecule has 1 fully saturated rings. The zero-order valence-electron chi connectivity index (χ0n) is 10.9. The Morgan fingerprint density at radius 3 is 2.33 bits per heavy atom. The van der Waals surface area contributed by atoms with Crippen molar-refractivity contribution in [2.75, 3.05) is 0 Å². The van der Waals surface area contributed by atoms with Gasteiger partial charge in [-0.05, 0) is 42.9 Å². The fraction of sp³-hybridized carbons (Fsp3) is 1.00. The van der Waals surface area contributed by atoms with Crippen LogP contribution in [0, 0.1) is 23.7 Å². The molecule has 3 atom stereocenters. The molecule has 0 spiro atoms. The van der Waals surface area contributed by atoms with Crippen molar-refractivity contribution < 1.29 is 5.11 Å². The van der Waals surface area contributed by atoms with E-state index in [4.69, 9.17) is 0 Å². The summed E-state index contributed by atoms with van der Waals surface area (Å²) in [6, 6.07) is 0. The summed E-state index contributed by atoms with van der Waals surface area (Å²) in [5, 5.41) is 10.1. The minimum Gasteiger partial charge on any atom is -0.393 e. The lowest BCUT2D eigenvalue weighted by atomic mass is 9.74. The minimum atomic E-state index is -0.0695. The highest BCUT2D eigenvalue weighted by molar-refractivity contribution is 4.80. The third-order valence-corrected chi connectivity index (χ3v) is 3.79. The number of aliphatic hydroxyl groups is 1. The van der Waals surface area contributed by atoms with Crippen LogP contribution >= 0.6 is 0 Å². The molecule has 1 aliphatic carbocycles. The van der Waals surface area contributed by atoms with E-state index in [2.05, 4.69) is 27.7 Å². The summed E-state index contributed by atoms with van der Waals surface area (Å²) in [6.07, 6.45) is 6.50. The van der Waals surface area contributed by atoms with Crippen LogP contribution in [0.5, 0.6) is 0 Å². The summed E-state index contributed by atoms with van der Waals surface area (Å²) in [6.45, 7) is 8.89. The van der Waals surface area contributed by atoms with Gasteiger partial charge in [0.25, 0.3) is 0 Å². The molecule has 1 aliphatic rings. The number of rotatable bonds is 4. The Kier molecular flexibility index (Phi) is 5.11. The summed E-state index contributed by atoms with van der Waals surface area (Å²) in [4.78, 5) is 0. The number of aliphatic hydroxyl groups excluding tert-OH is 1. The van der Waals surface area contributed by atoms with Crippen LogP contribution in [0.4, 0.5) is 0 Å². The number of hydrogen-bond acceptors (Lipinski definition) is 1. The first kappa shape index (κ1) is 13.0. The average Bonchev–Trinajstić information content (AvgIpc) is 2.16. The molecule has 0 saturated heterocycles. The lowest BCUT2D eigenvalue weighted by molar-refractivity contribution is 0.0314. The van der Waals surface area contributed by atoms with Gasteiger partial charge in [0.1, 0.15) is 0 Å². The predicted octanol–water partition coefficient (Wildman–Crippen LogP) is 3.86. The van der Waals surface area contributed by atoms with Gasteiger partial charge >= 0.3 is 0 Å². The highest BCUT2D eigenvalue weighted by Crippen LogP contribution is 2.36. The van der Waals surface area contributed by atoms with Crippen molar-refractivity contribution in [3.05, 3.63) is 0 Å². The van der Waals surface area contributed by atoms with Crippen LogP contribution in [0.3, 0.4) is 0 Å². The van der Waals surface area contributed by atoms with Crippen LogP contribution in [0.25, 0.3) is 0 Å². The highest BCUT2D eigenvalue weighted by atomic mass is 16.3. The van der Waals surface area contributed by atoms with Crippen LogP contribution < -0.4 is 0 Å². The lowest BCUT2D eigenvalue weighted by Crippen LogP contribution is -2.30. The molecular formula is C14H28O. The van der Waals surface area contributed by atoms with Crippen molar-refractivity contribution in [1.29, 1.82) is 0 Å². The van der Waals surface area contributed by atoms with E-state index in [0.29, 0.717) is 11.8 Å². The van der Waals surface area contributed by atoms with Gasteiger partial charge in [-0.15, -0.1) is 0 Å². The summed E-state index contributed by atoms with van der Waals surface area (Å²) in [7, 11) is 0. The van der Waals surface area contributed by atoms with E-state index in [1.807, 2.05) is 0 Å². The van der Waals surface area contributed by atoms with Crippen molar-refractivity contribution in [3.8, 4) is 0 Å². The maximum atomic E-state index is 10.1. The molecule has 1 nitrogen and oxygen atoms in total. The number of hydrogen-bond donors (Lipinski definition) is 1. The molecule has 0 amide bonds. The second-order valence-corrected chi connectivity index (χ2v) is 6.16. The second kappa shape index (κ2) is 5.89. The molecule has 0 aromatic heterocycles. The van der Waals surface area contributed by atoms with Gasteiger partial charge in [-0.1, -0.05) is 40.5 Å². The van der Waals surface area contributed by atoms with Crippen molar-refractivity contribution >= 4 is 0 Å². The van der Waals surface area contributed by atoms with E-state index in [-0.39, 0.29) is 6.10 Å². The molecule has 0 bridgehead atoms. The lowest BCUT2D eigenvalue weighted by Gasteiger charge is -2.34. The Labute approximate surface area is 95.3 Å². The highest BCUT2D eigenvalue weighted by Gasteiger charge is 2.28. The van der Waals surface area contributed by atoms with E-state index in [1.54, 1.807) is 0 Å². The first-order valence-corrected chi connectivity index (χ1v) is 6.68. The third-order valence-electron chi connectivity index (χ3n) is 3.79. The largest absolute Gasteiger partial charge is 0.393 e. The maximum Gasteiger partial charge on any atom is 0.0591 e. The predicted molar refractivity (Wildman–Crippen MR) is 65.7 cm³/mol. The van der Waals surface area contributed by atoms with Gasteiger partial charge in [0.15, 0.2) is 0 Å². The molecule has 1 N–H and O–H groups in total. The fourth-order valence-electron chi connectivity index (χ4n) is 3.07. The van der Waals surface area contributed by atoms with E-state index in [9.17, 15) is 5.11 Å². The van der Waals surface area contributed by atoms with Crippen molar-refractivity contribution in [3.63, 3.8) is 0 Å². The van der Waals surface area contributed by atoms with Crippen molar-refractivity contribution in [2.24, 2.45) is 23.7 Å².